The van der Waals surface area contributed by atoms with Gasteiger partial charge in [-0.3, -0.25) is 9.36 Å². The molecular weight excluding hydrogens is 301 g/mol. The van der Waals surface area contributed by atoms with E-state index in [1.165, 1.54) is 0 Å². The first-order valence-corrected chi connectivity index (χ1v) is 8.58. The Bertz CT molecular complexity index is 642. The molecule has 0 saturated carbocycles. The zero-order valence-electron chi connectivity index (χ0n) is 12.1. The average Bonchev–Trinajstić information content (AvgIpc) is 2.52. The second-order valence-electron chi connectivity index (χ2n) is 5.19. The predicted molar refractivity (Wildman–Crippen MR) is 84.4 cm³/mol. The summed E-state index contributed by atoms with van der Waals surface area (Å²) in [6, 6.07) is 18.3. The third-order valence-electron chi connectivity index (χ3n) is 3.60. The molecule has 5 nitrogen and oxygen atoms in total. The van der Waals surface area contributed by atoms with E-state index in [0.29, 0.717) is 0 Å². The van der Waals surface area contributed by atoms with Gasteiger partial charge >= 0.3 is 7.60 Å². The van der Waals surface area contributed by atoms with Gasteiger partial charge in [0, 0.05) is 0 Å². The summed E-state index contributed by atoms with van der Waals surface area (Å²) in [7, 11) is -4.30. The van der Waals surface area contributed by atoms with Crippen LogP contribution >= 0.6 is 7.60 Å². The molecule has 0 aliphatic carbocycles. The monoisotopic (exact) mass is 319 g/mol. The molecule has 0 radical (unpaired) electrons. The number of rotatable bonds is 5. The van der Waals surface area contributed by atoms with Gasteiger partial charge in [-0.1, -0.05) is 60.7 Å². The molecular formula is C16H18NO4P. The van der Waals surface area contributed by atoms with Crippen LogP contribution in [0, 0.1) is 0 Å². The molecule has 0 atom stereocenters. The number of benzene rings is 2. The van der Waals surface area contributed by atoms with Crippen molar-refractivity contribution >= 4 is 13.5 Å². The fourth-order valence-corrected chi connectivity index (χ4v) is 2.67. The van der Waals surface area contributed by atoms with E-state index in [1.807, 2.05) is 60.7 Å². The highest BCUT2D eigenvalue weighted by molar-refractivity contribution is 7.51. The molecule has 0 aliphatic heterocycles. The summed E-state index contributed by atoms with van der Waals surface area (Å²) in [5.41, 5.74) is 0.478. The summed E-state index contributed by atoms with van der Waals surface area (Å²) in [4.78, 5) is 30.6. The standard InChI is InChI=1S/C16H18NO4P/c1-16(13-8-4-2-5-9-13,14-10-6-3-7-11-14)15(18)17-12-22(19,20)21/h2-11H,12H2,1H3,(H,17,18)(H2,19,20,21). The topological polar surface area (TPSA) is 86.6 Å². The van der Waals surface area contributed by atoms with E-state index in [9.17, 15) is 9.36 Å². The number of hydrogen-bond donors (Lipinski definition) is 3. The molecule has 22 heavy (non-hydrogen) atoms. The first kappa shape index (κ1) is 16.4. The second kappa shape index (κ2) is 6.44. The Morgan fingerprint density at radius 2 is 1.41 bits per heavy atom. The highest BCUT2D eigenvalue weighted by Crippen LogP contribution is 2.35. The van der Waals surface area contributed by atoms with Crippen molar-refractivity contribution in [2.75, 3.05) is 6.29 Å². The molecule has 0 saturated heterocycles. The molecule has 0 aliphatic rings. The van der Waals surface area contributed by atoms with Gasteiger partial charge in [0.15, 0.2) is 0 Å². The largest absolute Gasteiger partial charge is 0.344 e. The van der Waals surface area contributed by atoms with Crippen LogP contribution in [0.1, 0.15) is 18.1 Å². The Balaban J connectivity index is 2.43. The Labute approximate surface area is 129 Å². The van der Waals surface area contributed by atoms with Crippen molar-refractivity contribution in [2.45, 2.75) is 12.3 Å². The van der Waals surface area contributed by atoms with Gasteiger partial charge in [-0.15, -0.1) is 0 Å². The summed E-state index contributed by atoms with van der Waals surface area (Å²) in [5.74, 6) is -0.451. The SMILES string of the molecule is CC(C(=O)NCP(=O)(O)O)(c1ccccc1)c1ccccc1. The highest BCUT2D eigenvalue weighted by atomic mass is 31.2. The summed E-state index contributed by atoms with van der Waals surface area (Å²) < 4.78 is 11.0. The van der Waals surface area contributed by atoms with Gasteiger partial charge in [0.2, 0.25) is 5.91 Å². The summed E-state index contributed by atoms with van der Waals surface area (Å²) in [5, 5.41) is 2.36. The third kappa shape index (κ3) is 3.63. The predicted octanol–water partition coefficient (Wildman–Crippen LogP) is 2.24. The minimum Gasteiger partial charge on any atom is -0.343 e. The molecule has 0 heterocycles. The Morgan fingerprint density at radius 3 is 1.77 bits per heavy atom. The van der Waals surface area contributed by atoms with Crippen molar-refractivity contribution in [3.05, 3.63) is 71.8 Å². The number of hydrogen-bond acceptors (Lipinski definition) is 2. The number of carbonyl (C=O) groups excluding carboxylic acids is 1. The van der Waals surface area contributed by atoms with Crippen LogP contribution < -0.4 is 5.32 Å². The maximum Gasteiger partial charge on any atom is 0.344 e. The highest BCUT2D eigenvalue weighted by Gasteiger charge is 2.37. The second-order valence-corrected chi connectivity index (χ2v) is 6.83. The van der Waals surface area contributed by atoms with E-state index in [2.05, 4.69) is 5.32 Å². The molecule has 2 aromatic rings. The van der Waals surface area contributed by atoms with Gasteiger partial charge in [-0.25, -0.2) is 0 Å². The van der Waals surface area contributed by atoms with E-state index >= 15 is 0 Å². The molecule has 3 N–H and O–H groups in total. The van der Waals surface area contributed by atoms with E-state index in [4.69, 9.17) is 9.79 Å². The molecule has 0 spiro atoms. The average molecular weight is 319 g/mol. The molecule has 0 fully saturated rings. The zero-order chi connectivity index (χ0) is 16.2. The Kier molecular flexibility index (Phi) is 4.81. The molecule has 2 aromatic carbocycles. The van der Waals surface area contributed by atoms with Gasteiger partial charge in [0.25, 0.3) is 0 Å². The smallest absolute Gasteiger partial charge is 0.343 e. The van der Waals surface area contributed by atoms with Crippen LogP contribution in [0.3, 0.4) is 0 Å². The Hall–Kier alpha value is -1.94. The molecule has 116 valence electrons. The van der Waals surface area contributed by atoms with Crippen molar-refractivity contribution in [1.29, 1.82) is 0 Å². The van der Waals surface area contributed by atoms with Crippen molar-refractivity contribution in [2.24, 2.45) is 0 Å². The fraction of sp³-hybridized carbons (Fsp3) is 0.188. The molecule has 0 bridgehead atoms. The number of amides is 1. The fourth-order valence-electron chi connectivity index (χ4n) is 2.32. The van der Waals surface area contributed by atoms with Gasteiger partial charge in [0.1, 0.15) is 6.29 Å². The lowest BCUT2D eigenvalue weighted by atomic mass is 9.75. The number of carbonyl (C=O) groups is 1. The van der Waals surface area contributed by atoms with E-state index in [-0.39, 0.29) is 0 Å². The molecule has 6 heteroatoms. The van der Waals surface area contributed by atoms with Crippen LogP contribution in [0.25, 0.3) is 0 Å². The van der Waals surface area contributed by atoms with Gasteiger partial charge in [-0.05, 0) is 18.1 Å². The van der Waals surface area contributed by atoms with Crippen LogP contribution in [0.2, 0.25) is 0 Å². The van der Waals surface area contributed by atoms with Crippen LogP contribution in [-0.2, 0) is 14.8 Å². The van der Waals surface area contributed by atoms with Crippen molar-refractivity contribution in [3.63, 3.8) is 0 Å². The quantitative estimate of drug-likeness (QED) is 0.738. The molecule has 1 amide bonds. The normalized spacial score (nSPS) is 12.0. The molecule has 0 aromatic heterocycles. The van der Waals surface area contributed by atoms with Crippen molar-refractivity contribution < 1.29 is 19.1 Å². The van der Waals surface area contributed by atoms with Crippen LogP contribution in [0.4, 0.5) is 0 Å². The van der Waals surface area contributed by atoms with Gasteiger partial charge < -0.3 is 15.1 Å². The Morgan fingerprint density at radius 1 is 1.00 bits per heavy atom. The third-order valence-corrected chi connectivity index (χ3v) is 4.17. The van der Waals surface area contributed by atoms with Crippen molar-refractivity contribution in [3.8, 4) is 0 Å². The maximum atomic E-state index is 12.7. The van der Waals surface area contributed by atoms with E-state index in [1.54, 1.807) is 6.92 Å². The lowest BCUT2D eigenvalue weighted by Gasteiger charge is -2.29. The van der Waals surface area contributed by atoms with Gasteiger partial charge in [0.05, 0.1) is 5.41 Å². The molecule has 2 rings (SSSR count). The van der Waals surface area contributed by atoms with Crippen LogP contribution in [0.15, 0.2) is 60.7 Å². The minimum atomic E-state index is -4.30. The minimum absolute atomic E-state index is 0.451. The van der Waals surface area contributed by atoms with E-state index in [0.717, 1.165) is 11.1 Å². The first-order valence-electron chi connectivity index (χ1n) is 6.78. The zero-order valence-corrected chi connectivity index (χ0v) is 13.0. The van der Waals surface area contributed by atoms with Crippen LogP contribution in [-0.4, -0.2) is 22.0 Å². The lowest BCUT2D eigenvalue weighted by Crippen LogP contribution is -2.43. The summed E-state index contributed by atoms with van der Waals surface area (Å²) >= 11 is 0. The number of nitrogens with one attached hydrogen (secondary N) is 1. The van der Waals surface area contributed by atoms with Crippen LogP contribution in [0.5, 0.6) is 0 Å². The van der Waals surface area contributed by atoms with E-state index < -0.39 is 25.2 Å². The first-order chi connectivity index (χ1) is 10.3. The van der Waals surface area contributed by atoms with Crippen molar-refractivity contribution in [1.82, 2.24) is 5.32 Å². The summed E-state index contributed by atoms with van der Waals surface area (Å²) in [6.07, 6.45) is -0.679. The van der Waals surface area contributed by atoms with Gasteiger partial charge in [-0.2, -0.15) is 0 Å². The molecule has 0 unspecified atom stereocenters. The lowest BCUT2D eigenvalue weighted by molar-refractivity contribution is -0.124. The maximum absolute atomic E-state index is 12.7. The summed E-state index contributed by atoms with van der Waals surface area (Å²) in [6.45, 7) is 1.74.